The minimum absolute atomic E-state index is 0.0272. The zero-order valence-corrected chi connectivity index (χ0v) is 20.7. The van der Waals surface area contributed by atoms with Crippen molar-refractivity contribution in [3.8, 4) is 16.2 Å². The Morgan fingerprint density at radius 3 is 2.59 bits per heavy atom. The molecule has 1 heterocycles. The van der Waals surface area contributed by atoms with Crippen LogP contribution < -0.4 is 10.7 Å². The van der Waals surface area contributed by atoms with Gasteiger partial charge in [-0.15, -0.1) is 11.3 Å². The van der Waals surface area contributed by atoms with Crippen molar-refractivity contribution in [1.82, 2.24) is 5.43 Å². The molecule has 0 aliphatic carbocycles. The van der Waals surface area contributed by atoms with Crippen LogP contribution in [-0.4, -0.2) is 33.9 Å². The van der Waals surface area contributed by atoms with Crippen molar-refractivity contribution in [2.45, 2.75) is 6.92 Å². The highest BCUT2D eigenvalue weighted by Gasteiger charge is 2.21. The fraction of sp³-hybridized carbons (Fsp3) is 0.0952. The molecular formula is C21H16Cl2N4O5S2. The molecular weight excluding hydrogens is 523 g/mol. The van der Waals surface area contributed by atoms with Gasteiger partial charge < -0.3 is 15.2 Å². The van der Waals surface area contributed by atoms with Crippen LogP contribution in [0.5, 0.6) is 5.75 Å². The van der Waals surface area contributed by atoms with Gasteiger partial charge >= 0.3 is 5.97 Å². The number of benzene rings is 2. The zero-order valence-electron chi connectivity index (χ0n) is 17.6. The third kappa shape index (κ3) is 5.62. The Balaban J connectivity index is 1.74. The van der Waals surface area contributed by atoms with Gasteiger partial charge in [-0.1, -0.05) is 29.3 Å². The standard InChI is InChI=1S/C21H16Cl2N4O5S2/c1-10(14-9-34-19(18(14)28)11-3-6-15(22)16(23)7-11)25-26-21(33)24-12-4-5-13(20(29)32-2)17(8-12)27(30)31/h3-9,28H,1-2H3,(H2,24,26,33). The minimum Gasteiger partial charge on any atom is -0.506 e. The molecule has 13 heteroatoms. The molecule has 0 radical (unpaired) electrons. The van der Waals surface area contributed by atoms with Crippen LogP contribution in [0.3, 0.4) is 0 Å². The van der Waals surface area contributed by atoms with Gasteiger partial charge in [0.1, 0.15) is 11.3 Å². The summed E-state index contributed by atoms with van der Waals surface area (Å²) < 4.78 is 4.55. The summed E-state index contributed by atoms with van der Waals surface area (Å²) in [5.41, 5.74) is 3.91. The average Bonchev–Trinajstić information content (AvgIpc) is 3.20. The van der Waals surface area contributed by atoms with Gasteiger partial charge in [0.15, 0.2) is 5.11 Å². The number of hydrogen-bond acceptors (Lipinski definition) is 8. The first kappa shape index (κ1) is 25.4. The van der Waals surface area contributed by atoms with Gasteiger partial charge in [-0.2, -0.15) is 5.10 Å². The molecule has 0 aliphatic heterocycles. The summed E-state index contributed by atoms with van der Waals surface area (Å²) in [6, 6.07) is 8.92. The molecule has 0 fully saturated rings. The number of nitro groups is 1. The Kier molecular flexibility index (Phi) is 8.05. The number of aromatic hydroxyl groups is 1. The number of thiocarbonyl (C=S) groups is 1. The highest BCUT2D eigenvalue weighted by molar-refractivity contribution is 7.80. The Morgan fingerprint density at radius 1 is 1.21 bits per heavy atom. The molecule has 2 aromatic carbocycles. The second-order valence-electron chi connectivity index (χ2n) is 6.70. The van der Waals surface area contributed by atoms with E-state index < -0.39 is 16.6 Å². The lowest BCUT2D eigenvalue weighted by Crippen LogP contribution is -2.25. The van der Waals surface area contributed by atoms with E-state index in [0.29, 0.717) is 31.8 Å². The van der Waals surface area contributed by atoms with E-state index in [1.165, 1.54) is 23.5 Å². The van der Waals surface area contributed by atoms with Crippen molar-refractivity contribution in [2.24, 2.45) is 5.10 Å². The minimum atomic E-state index is -0.824. The molecule has 0 saturated carbocycles. The average molecular weight is 539 g/mol. The first-order valence-corrected chi connectivity index (χ1v) is 11.4. The van der Waals surface area contributed by atoms with E-state index in [-0.39, 0.29) is 22.1 Å². The van der Waals surface area contributed by atoms with Crippen molar-refractivity contribution in [3.63, 3.8) is 0 Å². The summed E-state index contributed by atoms with van der Waals surface area (Å²) in [4.78, 5) is 22.9. The predicted octanol–water partition coefficient (Wildman–Crippen LogP) is 5.83. The summed E-state index contributed by atoms with van der Waals surface area (Å²) >= 11 is 18.5. The molecule has 3 N–H and O–H groups in total. The van der Waals surface area contributed by atoms with Crippen molar-refractivity contribution < 1.29 is 19.6 Å². The molecule has 0 saturated heterocycles. The number of rotatable bonds is 6. The third-order valence-corrected chi connectivity index (χ3v) is 6.47. The highest BCUT2D eigenvalue weighted by Crippen LogP contribution is 2.40. The first-order chi connectivity index (χ1) is 16.1. The summed E-state index contributed by atoms with van der Waals surface area (Å²) in [7, 11) is 1.14. The van der Waals surface area contributed by atoms with Crippen molar-refractivity contribution in [1.29, 1.82) is 0 Å². The largest absolute Gasteiger partial charge is 0.506 e. The SMILES string of the molecule is COC(=O)c1ccc(NC(=S)NN=C(C)c2csc(-c3ccc(Cl)c(Cl)c3)c2O)cc1[N+](=O)[O-]. The summed E-state index contributed by atoms with van der Waals surface area (Å²) in [5, 5.41) is 31.4. The number of halogens is 2. The quantitative estimate of drug-likeness (QED) is 0.117. The molecule has 1 aromatic heterocycles. The topological polar surface area (TPSA) is 126 Å². The van der Waals surface area contributed by atoms with Crippen LogP contribution in [0.25, 0.3) is 10.4 Å². The van der Waals surface area contributed by atoms with Crippen LogP contribution in [0.2, 0.25) is 10.0 Å². The van der Waals surface area contributed by atoms with Crippen LogP contribution >= 0.6 is 46.8 Å². The first-order valence-electron chi connectivity index (χ1n) is 9.36. The summed E-state index contributed by atoms with van der Waals surface area (Å²) in [5.74, 6) is -0.797. The van der Waals surface area contributed by atoms with Crippen molar-refractivity contribution in [3.05, 3.63) is 73.1 Å². The fourth-order valence-electron chi connectivity index (χ4n) is 2.85. The van der Waals surface area contributed by atoms with E-state index in [4.69, 9.17) is 35.4 Å². The molecule has 0 aliphatic rings. The fourth-order valence-corrected chi connectivity index (χ4v) is 4.31. The second-order valence-corrected chi connectivity index (χ2v) is 8.80. The van der Waals surface area contributed by atoms with Gasteiger partial charge in [0.05, 0.1) is 38.2 Å². The van der Waals surface area contributed by atoms with E-state index in [2.05, 4.69) is 20.6 Å². The molecule has 34 heavy (non-hydrogen) atoms. The number of ether oxygens (including phenoxy) is 1. The Hall–Kier alpha value is -3.25. The van der Waals surface area contributed by atoms with Gasteiger partial charge in [-0.3, -0.25) is 15.5 Å². The number of carbonyl (C=O) groups is 1. The maximum absolute atomic E-state index is 11.7. The number of nitro benzene ring substituents is 1. The van der Waals surface area contributed by atoms with E-state index >= 15 is 0 Å². The van der Waals surface area contributed by atoms with Crippen LogP contribution in [0.15, 0.2) is 46.9 Å². The number of esters is 1. The van der Waals surface area contributed by atoms with Gasteiger partial charge in [0.25, 0.3) is 5.69 Å². The third-order valence-electron chi connectivity index (χ3n) is 4.52. The highest BCUT2D eigenvalue weighted by atomic mass is 35.5. The number of methoxy groups -OCH3 is 1. The van der Waals surface area contributed by atoms with Gasteiger partial charge in [-0.25, -0.2) is 4.79 Å². The molecule has 0 atom stereocenters. The number of nitrogens with zero attached hydrogens (tertiary/aromatic N) is 2. The predicted molar refractivity (Wildman–Crippen MR) is 137 cm³/mol. The number of nitrogens with one attached hydrogen (secondary N) is 2. The smallest absolute Gasteiger partial charge is 0.344 e. The number of thiophene rings is 1. The van der Waals surface area contributed by atoms with Crippen molar-refractivity contribution in [2.75, 3.05) is 12.4 Å². The number of carbonyl (C=O) groups excluding carboxylic acids is 1. The maximum Gasteiger partial charge on any atom is 0.344 e. The molecule has 0 spiro atoms. The van der Waals surface area contributed by atoms with Gasteiger partial charge in [0, 0.05) is 17.1 Å². The van der Waals surface area contributed by atoms with E-state index in [1.54, 1.807) is 30.5 Å². The van der Waals surface area contributed by atoms with Gasteiger partial charge in [-0.05, 0) is 49.0 Å². The lowest BCUT2D eigenvalue weighted by Gasteiger charge is -2.09. The van der Waals surface area contributed by atoms with E-state index in [1.807, 2.05) is 0 Å². The number of anilines is 1. The lowest BCUT2D eigenvalue weighted by atomic mass is 10.1. The van der Waals surface area contributed by atoms with E-state index in [0.717, 1.165) is 13.2 Å². The molecule has 0 unspecified atom stereocenters. The summed E-state index contributed by atoms with van der Waals surface area (Å²) in [6.45, 7) is 1.67. The Bertz CT molecular complexity index is 1330. The Labute approximate surface area is 213 Å². The van der Waals surface area contributed by atoms with Gasteiger partial charge in [0.2, 0.25) is 0 Å². The zero-order chi connectivity index (χ0) is 25.0. The van der Waals surface area contributed by atoms with Crippen LogP contribution in [0, 0.1) is 10.1 Å². The Morgan fingerprint density at radius 2 is 1.94 bits per heavy atom. The normalized spacial score (nSPS) is 11.1. The molecule has 9 nitrogen and oxygen atoms in total. The van der Waals surface area contributed by atoms with Crippen LogP contribution in [0.1, 0.15) is 22.8 Å². The second kappa shape index (κ2) is 10.8. The van der Waals surface area contributed by atoms with Crippen molar-refractivity contribution >= 4 is 74.9 Å². The molecule has 0 bridgehead atoms. The molecule has 0 amide bonds. The molecule has 176 valence electrons. The monoisotopic (exact) mass is 538 g/mol. The number of hydrogen-bond donors (Lipinski definition) is 3. The maximum atomic E-state index is 11.7. The van der Waals surface area contributed by atoms with Crippen LogP contribution in [0.4, 0.5) is 11.4 Å². The lowest BCUT2D eigenvalue weighted by molar-refractivity contribution is -0.385. The molecule has 3 rings (SSSR count). The number of hydrazone groups is 1. The molecule has 3 aromatic rings. The summed E-state index contributed by atoms with van der Waals surface area (Å²) in [6.07, 6.45) is 0. The van der Waals surface area contributed by atoms with Crippen LogP contribution in [-0.2, 0) is 4.74 Å². The van der Waals surface area contributed by atoms with E-state index in [9.17, 15) is 20.0 Å².